The van der Waals surface area contributed by atoms with Crippen LogP contribution in [-0.4, -0.2) is 43.7 Å². The van der Waals surface area contributed by atoms with Gasteiger partial charge in [0.1, 0.15) is 18.4 Å². The Balaban J connectivity index is 2.19. The molecule has 1 saturated heterocycles. The average molecular weight is 299 g/mol. The lowest BCUT2D eigenvalue weighted by Gasteiger charge is -2.17. The third-order valence-corrected chi connectivity index (χ3v) is 3.57. The van der Waals surface area contributed by atoms with Gasteiger partial charge in [0.05, 0.1) is 12.8 Å². The number of ether oxygens (including phenoxy) is 2. The molecule has 2 amide bonds. The topological polar surface area (TPSA) is 67.9 Å². The Kier molecular flexibility index (Phi) is 4.04. The minimum absolute atomic E-state index is 0.0378. The molecule has 1 aliphatic rings. The van der Waals surface area contributed by atoms with E-state index in [-0.39, 0.29) is 12.5 Å². The number of methoxy groups -OCH3 is 1. The largest absolute Gasteiger partial charge is 0.495 e. The second kappa shape index (κ2) is 5.58. The molecule has 6 nitrogen and oxygen atoms in total. The van der Waals surface area contributed by atoms with Gasteiger partial charge >= 0.3 is 6.09 Å². The highest BCUT2D eigenvalue weighted by Crippen LogP contribution is 2.31. The molecule has 0 aliphatic carbocycles. The molecule has 1 atom stereocenters. The summed E-state index contributed by atoms with van der Waals surface area (Å²) in [4.78, 5) is 24.7. The SMILES string of the molecule is COc1cc(Cl)c(C)cc1NC(=O)C1COC(=O)N1C. The number of benzene rings is 1. The number of carbonyl (C=O) groups excluding carboxylic acids is 2. The maximum atomic E-state index is 12.2. The van der Waals surface area contributed by atoms with Crippen molar-refractivity contribution in [1.82, 2.24) is 4.90 Å². The van der Waals surface area contributed by atoms with E-state index < -0.39 is 12.1 Å². The van der Waals surface area contributed by atoms with Crippen LogP contribution >= 0.6 is 11.6 Å². The fourth-order valence-electron chi connectivity index (χ4n) is 1.89. The summed E-state index contributed by atoms with van der Waals surface area (Å²) < 4.78 is 9.99. The molecule has 0 spiro atoms. The molecule has 1 fully saturated rings. The first kappa shape index (κ1) is 14.5. The van der Waals surface area contributed by atoms with E-state index in [1.807, 2.05) is 6.92 Å². The number of hydrogen-bond acceptors (Lipinski definition) is 4. The predicted molar refractivity (Wildman–Crippen MR) is 74.3 cm³/mol. The van der Waals surface area contributed by atoms with Gasteiger partial charge in [-0.25, -0.2) is 4.79 Å². The monoisotopic (exact) mass is 298 g/mol. The molecule has 20 heavy (non-hydrogen) atoms. The van der Waals surface area contributed by atoms with Crippen LogP contribution in [0.3, 0.4) is 0 Å². The summed E-state index contributed by atoms with van der Waals surface area (Å²) in [5.41, 5.74) is 1.32. The van der Waals surface area contributed by atoms with Crippen LogP contribution in [0.1, 0.15) is 5.56 Å². The van der Waals surface area contributed by atoms with E-state index in [1.54, 1.807) is 12.1 Å². The summed E-state index contributed by atoms with van der Waals surface area (Å²) >= 11 is 6.00. The van der Waals surface area contributed by atoms with E-state index in [4.69, 9.17) is 21.1 Å². The van der Waals surface area contributed by atoms with Gasteiger partial charge in [-0.05, 0) is 18.6 Å². The van der Waals surface area contributed by atoms with Crippen LogP contribution in [0.5, 0.6) is 5.75 Å². The summed E-state index contributed by atoms with van der Waals surface area (Å²) in [5.74, 6) is 0.125. The lowest BCUT2D eigenvalue weighted by molar-refractivity contribution is -0.119. The van der Waals surface area contributed by atoms with Gasteiger partial charge in [-0.2, -0.15) is 0 Å². The number of halogens is 1. The van der Waals surface area contributed by atoms with Gasteiger partial charge in [-0.3, -0.25) is 9.69 Å². The van der Waals surface area contributed by atoms with Crippen molar-refractivity contribution >= 4 is 29.3 Å². The maximum absolute atomic E-state index is 12.2. The molecule has 1 N–H and O–H groups in total. The number of nitrogens with one attached hydrogen (secondary N) is 1. The van der Waals surface area contributed by atoms with Gasteiger partial charge in [0.2, 0.25) is 0 Å². The molecule has 1 aromatic carbocycles. The van der Waals surface area contributed by atoms with E-state index in [1.165, 1.54) is 19.1 Å². The molecule has 108 valence electrons. The Labute approximate surface area is 121 Å². The molecular weight excluding hydrogens is 284 g/mol. The summed E-state index contributed by atoms with van der Waals surface area (Å²) in [6, 6.07) is 2.70. The number of hydrogen-bond donors (Lipinski definition) is 1. The number of rotatable bonds is 3. The van der Waals surface area contributed by atoms with Gasteiger partial charge in [0.15, 0.2) is 0 Å². The second-order valence-electron chi connectivity index (χ2n) is 4.49. The summed E-state index contributed by atoms with van der Waals surface area (Å²) in [7, 11) is 3.01. The van der Waals surface area contributed by atoms with Gasteiger partial charge in [0.25, 0.3) is 5.91 Å². The number of aryl methyl sites for hydroxylation is 1. The van der Waals surface area contributed by atoms with E-state index in [0.717, 1.165) is 5.56 Å². The van der Waals surface area contributed by atoms with Gasteiger partial charge in [-0.15, -0.1) is 0 Å². The molecule has 0 radical (unpaired) electrons. The molecule has 1 unspecified atom stereocenters. The van der Waals surface area contributed by atoms with Gasteiger partial charge < -0.3 is 14.8 Å². The number of anilines is 1. The number of cyclic esters (lactones) is 1. The first-order chi connectivity index (χ1) is 9.43. The summed E-state index contributed by atoms with van der Waals surface area (Å²) in [6.45, 7) is 1.86. The van der Waals surface area contributed by atoms with Crippen molar-refractivity contribution in [2.75, 3.05) is 26.1 Å². The molecular formula is C13H15ClN2O4. The molecule has 0 bridgehead atoms. The molecule has 7 heteroatoms. The lowest BCUT2D eigenvalue weighted by atomic mass is 10.2. The molecule has 0 saturated carbocycles. The zero-order chi connectivity index (χ0) is 14.9. The fraction of sp³-hybridized carbons (Fsp3) is 0.385. The van der Waals surface area contributed by atoms with E-state index >= 15 is 0 Å². The van der Waals surface area contributed by atoms with Crippen molar-refractivity contribution in [3.63, 3.8) is 0 Å². The Morgan fingerprint density at radius 1 is 1.55 bits per heavy atom. The minimum atomic E-state index is -0.650. The number of amides is 2. The Bertz CT molecular complexity index is 562. The minimum Gasteiger partial charge on any atom is -0.495 e. The van der Waals surface area contributed by atoms with Crippen molar-refractivity contribution in [3.05, 3.63) is 22.7 Å². The van der Waals surface area contributed by atoms with Crippen LogP contribution < -0.4 is 10.1 Å². The average Bonchev–Trinajstić information content (AvgIpc) is 2.74. The van der Waals surface area contributed by atoms with Crippen molar-refractivity contribution in [2.24, 2.45) is 0 Å². The molecule has 1 aliphatic heterocycles. The van der Waals surface area contributed by atoms with Crippen molar-refractivity contribution in [2.45, 2.75) is 13.0 Å². The first-order valence-electron chi connectivity index (χ1n) is 5.98. The van der Waals surface area contributed by atoms with E-state index in [9.17, 15) is 9.59 Å². The van der Waals surface area contributed by atoms with Gasteiger partial charge in [-0.1, -0.05) is 11.6 Å². The zero-order valence-corrected chi connectivity index (χ0v) is 12.2. The van der Waals surface area contributed by atoms with Crippen LogP contribution in [-0.2, 0) is 9.53 Å². The predicted octanol–water partition coefficient (Wildman–Crippen LogP) is 2.05. The molecule has 2 rings (SSSR count). The maximum Gasteiger partial charge on any atom is 0.410 e. The molecule has 1 aromatic rings. The molecule has 0 aromatic heterocycles. The van der Waals surface area contributed by atoms with E-state index in [0.29, 0.717) is 16.5 Å². The van der Waals surface area contributed by atoms with Crippen LogP contribution in [0.4, 0.5) is 10.5 Å². The van der Waals surface area contributed by atoms with Crippen LogP contribution in [0.25, 0.3) is 0 Å². The lowest BCUT2D eigenvalue weighted by Crippen LogP contribution is -2.40. The number of carbonyl (C=O) groups is 2. The van der Waals surface area contributed by atoms with Crippen LogP contribution in [0.2, 0.25) is 5.02 Å². The smallest absolute Gasteiger partial charge is 0.410 e. The van der Waals surface area contributed by atoms with Crippen LogP contribution in [0, 0.1) is 6.92 Å². The van der Waals surface area contributed by atoms with Crippen molar-refractivity contribution in [3.8, 4) is 5.75 Å². The zero-order valence-electron chi connectivity index (χ0n) is 11.4. The van der Waals surface area contributed by atoms with Crippen LogP contribution in [0.15, 0.2) is 12.1 Å². The van der Waals surface area contributed by atoms with E-state index in [2.05, 4.69) is 5.32 Å². The second-order valence-corrected chi connectivity index (χ2v) is 4.90. The standard InChI is InChI=1S/C13H15ClN2O4/c1-7-4-9(11(19-3)5-8(7)14)15-12(17)10-6-20-13(18)16(10)2/h4-5,10H,6H2,1-3H3,(H,15,17). The fourth-order valence-corrected chi connectivity index (χ4v) is 2.04. The highest BCUT2D eigenvalue weighted by molar-refractivity contribution is 6.31. The van der Waals surface area contributed by atoms with Gasteiger partial charge in [0, 0.05) is 18.1 Å². The van der Waals surface area contributed by atoms with Crippen molar-refractivity contribution in [1.29, 1.82) is 0 Å². The number of likely N-dealkylation sites (N-methyl/N-ethyl adjacent to an activating group) is 1. The Hall–Kier alpha value is -1.95. The van der Waals surface area contributed by atoms with Crippen molar-refractivity contribution < 1.29 is 19.1 Å². The quantitative estimate of drug-likeness (QED) is 0.927. The Morgan fingerprint density at radius 2 is 2.25 bits per heavy atom. The molecule has 1 heterocycles. The summed E-state index contributed by atoms with van der Waals surface area (Å²) in [5, 5.41) is 3.28. The number of nitrogens with zero attached hydrogens (tertiary/aromatic N) is 1. The summed E-state index contributed by atoms with van der Waals surface area (Å²) in [6.07, 6.45) is -0.510. The highest BCUT2D eigenvalue weighted by atomic mass is 35.5. The third kappa shape index (κ3) is 2.65. The normalized spacial score (nSPS) is 17.9. The first-order valence-corrected chi connectivity index (χ1v) is 6.36. The highest BCUT2D eigenvalue weighted by Gasteiger charge is 2.35. The Morgan fingerprint density at radius 3 is 2.80 bits per heavy atom. The third-order valence-electron chi connectivity index (χ3n) is 3.16.